The van der Waals surface area contributed by atoms with Gasteiger partial charge in [-0.1, -0.05) is 6.92 Å². The van der Waals surface area contributed by atoms with E-state index in [1.54, 1.807) is 6.92 Å². The fourth-order valence-corrected chi connectivity index (χ4v) is 1.41. The molecule has 0 radical (unpaired) electrons. The largest absolute Gasteiger partial charge is 0.390 e. The Hall–Kier alpha value is -0.120. The van der Waals surface area contributed by atoms with Crippen LogP contribution < -0.4 is 0 Å². The fourth-order valence-electron chi connectivity index (χ4n) is 1.41. The molecule has 0 amide bonds. The highest BCUT2D eigenvalue weighted by Gasteiger charge is 2.37. The summed E-state index contributed by atoms with van der Waals surface area (Å²) in [7, 11) is 0. The lowest BCUT2D eigenvalue weighted by atomic mass is 9.89. The van der Waals surface area contributed by atoms with Crippen molar-refractivity contribution in [2.75, 3.05) is 0 Å². The molecule has 1 aliphatic rings. The van der Waals surface area contributed by atoms with Gasteiger partial charge in [0.25, 0.3) is 0 Å². The van der Waals surface area contributed by atoms with Gasteiger partial charge in [0.1, 0.15) is 6.10 Å². The van der Waals surface area contributed by atoms with Crippen LogP contribution in [0.25, 0.3) is 0 Å². The van der Waals surface area contributed by atoms with Crippen LogP contribution in [0.3, 0.4) is 0 Å². The first-order valence-corrected chi connectivity index (χ1v) is 4.05. The summed E-state index contributed by atoms with van der Waals surface area (Å²) in [6.07, 6.45) is -1.60. The number of hydrogen-bond donors (Lipinski definition) is 2. The molecule has 0 aromatic rings. The van der Waals surface area contributed by atoms with E-state index in [9.17, 15) is 10.2 Å². The predicted molar refractivity (Wildman–Crippen MR) is 41.2 cm³/mol. The summed E-state index contributed by atoms with van der Waals surface area (Å²) in [5, 5.41) is 18.8. The second kappa shape index (κ2) is 3.09. The van der Waals surface area contributed by atoms with Crippen molar-refractivity contribution in [2.24, 2.45) is 5.92 Å². The van der Waals surface area contributed by atoms with Gasteiger partial charge in [0, 0.05) is 5.92 Å². The molecule has 0 saturated carbocycles. The maximum Gasteiger partial charge on any atom is 0.106 e. The van der Waals surface area contributed by atoms with E-state index in [1.807, 2.05) is 13.8 Å². The van der Waals surface area contributed by atoms with E-state index < -0.39 is 12.2 Å². The lowest BCUT2D eigenvalue weighted by Crippen LogP contribution is -2.51. The highest BCUT2D eigenvalue weighted by atomic mass is 16.5. The zero-order chi connectivity index (χ0) is 8.59. The molecule has 0 aliphatic carbocycles. The van der Waals surface area contributed by atoms with E-state index >= 15 is 0 Å². The van der Waals surface area contributed by atoms with Crippen LogP contribution in [0.4, 0.5) is 0 Å². The molecule has 11 heavy (non-hydrogen) atoms. The summed E-state index contributed by atoms with van der Waals surface area (Å²) in [4.78, 5) is 0. The first-order valence-electron chi connectivity index (χ1n) is 4.05. The normalized spacial score (nSPS) is 52.6. The second-order valence-electron chi connectivity index (χ2n) is 3.39. The smallest absolute Gasteiger partial charge is 0.106 e. The van der Waals surface area contributed by atoms with E-state index in [0.29, 0.717) is 0 Å². The summed E-state index contributed by atoms with van der Waals surface area (Å²) >= 11 is 0. The number of ether oxygens (including phenoxy) is 1. The van der Waals surface area contributed by atoms with Crippen molar-refractivity contribution in [1.29, 1.82) is 0 Å². The van der Waals surface area contributed by atoms with Crippen molar-refractivity contribution in [3.05, 3.63) is 0 Å². The third kappa shape index (κ3) is 1.55. The van der Waals surface area contributed by atoms with Crippen LogP contribution in [0.15, 0.2) is 0 Å². The molecule has 0 aromatic heterocycles. The molecule has 66 valence electrons. The monoisotopic (exact) mass is 160 g/mol. The Morgan fingerprint density at radius 3 is 2.00 bits per heavy atom. The Morgan fingerprint density at radius 2 is 1.45 bits per heavy atom. The maximum atomic E-state index is 9.46. The molecule has 1 heterocycles. The van der Waals surface area contributed by atoms with Gasteiger partial charge in [-0.2, -0.15) is 0 Å². The predicted octanol–water partition coefficient (Wildman–Crippen LogP) is 0.152. The quantitative estimate of drug-likeness (QED) is 0.530. The fraction of sp³-hybridized carbons (Fsp3) is 1.00. The van der Waals surface area contributed by atoms with Crippen LogP contribution in [-0.2, 0) is 4.74 Å². The number of aliphatic hydroxyl groups is 2. The molecule has 5 atom stereocenters. The maximum absolute atomic E-state index is 9.46. The number of aliphatic hydroxyl groups excluding tert-OH is 2. The molecule has 3 nitrogen and oxygen atoms in total. The highest BCUT2D eigenvalue weighted by molar-refractivity contribution is 4.86. The summed E-state index contributed by atoms with van der Waals surface area (Å²) in [6.45, 7) is 5.57. The summed E-state index contributed by atoms with van der Waals surface area (Å²) in [6, 6.07) is 0. The average molecular weight is 160 g/mol. The zero-order valence-electron chi connectivity index (χ0n) is 7.19. The Labute approximate surface area is 67.0 Å². The first-order chi connectivity index (χ1) is 5.04. The Bertz CT molecular complexity index is 123. The number of rotatable bonds is 0. The summed E-state index contributed by atoms with van der Waals surface area (Å²) in [5.41, 5.74) is 0. The molecule has 1 rings (SSSR count). The molecular weight excluding hydrogens is 144 g/mol. The van der Waals surface area contributed by atoms with E-state index in [-0.39, 0.29) is 18.1 Å². The van der Waals surface area contributed by atoms with Gasteiger partial charge in [0.05, 0.1) is 18.3 Å². The van der Waals surface area contributed by atoms with Gasteiger partial charge in [-0.25, -0.2) is 0 Å². The molecule has 1 aliphatic heterocycles. The van der Waals surface area contributed by atoms with Crippen LogP contribution in [0, 0.1) is 5.92 Å². The van der Waals surface area contributed by atoms with Crippen LogP contribution >= 0.6 is 0 Å². The van der Waals surface area contributed by atoms with Crippen molar-refractivity contribution < 1.29 is 14.9 Å². The molecule has 0 aromatic carbocycles. The van der Waals surface area contributed by atoms with Crippen LogP contribution in [-0.4, -0.2) is 34.6 Å². The SMILES string of the molecule is CC1O[C@@H](C)[C@H](C)[C@@H](O)[C@H]1O. The van der Waals surface area contributed by atoms with Gasteiger partial charge in [0.2, 0.25) is 0 Å². The van der Waals surface area contributed by atoms with Crippen LogP contribution in [0.2, 0.25) is 0 Å². The van der Waals surface area contributed by atoms with Gasteiger partial charge >= 0.3 is 0 Å². The van der Waals surface area contributed by atoms with Gasteiger partial charge < -0.3 is 14.9 Å². The van der Waals surface area contributed by atoms with E-state index in [4.69, 9.17) is 4.74 Å². The van der Waals surface area contributed by atoms with Crippen molar-refractivity contribution in [3.8, 4) is 0 Å². The zero-order valence-corrected chi connectivity index (χ0v) is 7.19. The molecule has 0 bridgehead atoms. The minimum Gasteiger partial charge on any atom is -0.390 e. The molecule has 2 N–H and O–H groups in total. The molecule has 1 fully saturated rings. The molecule has 0 spiro atoms. The number of hydrogen-bond acceptors (Lipinski definition) is 3. The van der Waals surface area contributed by atoms with Crippen molar-refractivity contribution in [3.63, 3.8) is 0 Å². The third-order valence-corrected chi connectivity index (χ3v) is 2.54. The van der Waals surface area contributed by atoms with E-state index in [0.717, 1.165) is 0 Å². The van der Waals surface area contributed by atoms with Gasteiger partial charge in [-0.3, -0.25) is 0 Å². The second-order valence-corrected chi connectivity index (χ2v) is 3.39. The Morgan fingerprint density at radius 1 is 0.909 bits per heavy atom. The van der Waals surface area contributed by atoms with Crippen LogP contribution in [0.1, 0.15) is 20.8 Å². The Balaban J connectivity index is 2.63. The van der Waals surface area contributed by atoms with Gasteiger partial charge in [-0.15, -0.1) is 0 Å². The summed E-state index contributed by atoms with van der Waals surface area (Å²) in [5.74, 6) is 0.0150. The van der Waals surface area contributed by atoms with Crippen molar-refractivity contribution >= 4 is 0 Å². The Kier molecular flexibility index (Phi) is 2.52. The standard InChI is InChI=1S/C8H16O3/c1-4-5(2)11-6(3)8(10)7(4)9/h4-10H,1-3H3/t4-,5-,6?,7+,8-/m0/s1. The van der Waals surface area contributed by atoms with Crippen LogP contribution in [0.5, 0.6) is 0 Å². The lowest BCUT2D eigenvalue weighted by molar-refractivity contribution is -0.184. The van der Waals surface area contributed by atoms with Crippen molar-refractivity contribution in [1.82, 2.24) is 0 Å². The minimum atomic E-state index is -0.735. The highest BCUT2D eigenvalue weighted by Crippen LogP contribution is 2.24. The van der Waals surface area contributed by atoms with Crippen molar-refractivity contribution in [2.45, 2.75) is 45.2 Å². The van der Waals surface area contributed by atoms with E-state index in [2.05, 4.69) is 0 Å². The lowest BCUT2D eigenvalue weighted by Gasteiger charge is -2.38. The third-order valence-electron chi connectivity index (χ3n) is 2.54. The first kappa shape index (κ1) is 8.97. The molecule has 1 saturated heterocycles. The average Bonchev–Trinajstić information content (AvgIpc) is 1.97. The van der Waals surface area contributed by atoms with Gasteiger partial charge in [0.15, 0.2) is 0 Å². The molecular formula is C8H16O3. The molecule has 1 unspecified atom stereocenters. The summed E-state index contributed by atoms with van der Waals surface area (Å²) < 4.78 is 5.37. The topological polar surface area (TPSA) is 49.7 Å². The molecule has 3 heteroatoms. The minimum absolute atomic E-state index is 0.0150. The van der Waals surface area contributed by atoms with Gasteiger partial charge in [-0.05, 0) is 13.8 Å². The van der Waals surface area contributed by atoms with E-state index in [1.165, 1.54) is 0 Å².